The van der Waals surface area contributed by atoms with Crippen LogP contribution in [0, 0.1) is 20.8 Å². The highest BCUT2D eigenvalue weighted by atomic mass is 16.3. The van der Waals surface area contributed by atoms with Crippen LogP contribution in [0.3, 0.4) is 0 Å². The number of aryl methyl sites for hydroxylation is 3. The number of benzene rings is 1. The Bertz CT molecular complexity index is 513. The number of hydrogen-bond donors (Lipinski definition) is 1. The summed E-state index contributed by atoms with van der Waals surface area (Å²) >= 11 is 0. The van der Waals surface area contributed by atoms with Crippen molar-refractivity contribution in [1.29, 1.82) is 0 Å². The van der Waals surface area contributed by atoms with Crippen molar-refractivity contribution < 1.29 is 4.42 Å². The highest BCUT2D eigenvalue weighted by molar-refractivity contribution is 5.32. The topological polar surface area (TPSA) is 39.2 Å². The molecule has 0 saturated heterocycles. The number of nitrogens with two attached hydrogens (primary N) is 1. The molecule has 2 nitrogen and oxygen atoms in total. The molecule has 0 saturated carbocycles. The second-order valence-electron chi connectivity index (χ2n) is 4.73. The maximum absolute atomic E-state index is 6.20. The van der Waals surface area contributed by atoms with Gasteiger partial charge in [0, 0.05) is 11.6 Å². The Morgan fingerprint density at radius 2 is 1.94 bits per heavy atom. The van der Waals surface area contributed by atoms with Gasteiger partial charge in [0.1, 0.15) is 5.76 Å². The Morgan fingerprint density at radius 1 is 1.18 bits per heavy atom. The summed E-state index contributed by atoms with van der Waals surface area (Å²) in [6.07, 6.45) is 2.61. The van der Waals surface area contributed by atoms with Crippen molar-refractivity contribution in [3.63, 3.8) is 0 Å². The van der Waals surface area contributed by atoms with Gasteiger partial charge in [-0.15, -0.1) is 0 Å². The summed E-state index contributed by atoms with van der Waals surface area (Å²) in [5.41, 5.74) is 11.2. The Morgan fingerprint density at radius 3 is 2.59 bits per heavy atom. The number of furan rings is 1. The maximum atomic E-state index is 6.20. The molecule has 2 N–H and O–H groups in total. The summed E-state index contributed by atoms with van der Waals surface area (Å²) in [6.45, 7) is 6.17. The van der Waals surface area contributed by atoms with Gasteiger partial charge in [0.2, 0.25) is 0 Å². The first-order valence-corrected chi connectivity index (χ1v) is 5.93. The minimum Gasteiger partial charge on any atom is -0.469 e. The lowest BCUT2D eigenvalue weighted by Crippen LogP contribution is -2.13. The molecule has 1 heterocycles. The van der Waals surface area contributed by atoms with Gasteiger partial charge in [-0.3, -0.25) is 0 Å². The zero-order valence-corrected chi connectivity index (χ0v) is 10.7. The molecule has 0 aliphatic carbocycles. The van der Waals surface area contributed by atoms with Gasteiger partial charge in [0.15, 0.2) is 0 Å². The van der Waals surface area contributed by atoms with Gasteiger partial charge in [-0.1, -0.05) is 23.8 Å². The van der Waals surface area contributed by atoms with Crippen molar-refractivity contribution >= 4 is 0 Å². The second kappa shape index (κ2) is 4.76. The average Bonchev–Trinajstić information content (AvgIpc) is 2.70. The van der Waals surface area contributed by atoms with Crippen LogP contribution in [0.25, 0.3) is 0 Å². The molecule has 1 unspecified atom stereocenters. The molecular formula is C15H19NO. The molecule has 90 valence electrons. The Balaban J connectivity index is 2.18. The third kappa shape index (κ3) is 2.77. The lowest BCUT2D eigenvalue weighted by atomic mass is 9.97. The summed E-state index contributed by atoms with van der Waals surface area (Å²) in [5, 5.41) is 0. The van der Waals surface area contributed by atoms with Gasteiger partial charge in [-0.2, -0.15) is 0 Å². The van der Waals surface area contributed by atoms with E-state index in [1.165, 1.54) is 16.7 Å². The van der Waals surface area contributed by atoms with E-state index in [0.717, 1.165) is 17.7 Å². The molecule has 0 bridgehead atoms. The molecule has 1 aromatic carbocycles. The van der Waals surface area contributed by atoms with Crippen LogP contribution in [-0.2, 0) is 6.42 Å². The van der Waals surface area contributed by atoms with Crippen LogP contribution >= 0.6 is 0 Å². The lowest BCUT2D eigenvalue weighted by molar-refractivity contribution is 0.528. The third-order valence-electron chi connectivity index (χ3n) is 3.12. The van der Waals surface area contributed by atoms with E-state index in [9.17, 15) is 0 Å². The zero-order chi connectivity index (χ0) is 12.4. The van der Waals surface area contributed by atoms with E-state index in [0.29, 0.717) is 0 Å². The first kappa shape index (κ1) is 11.9. The second-order valence-corrected chi connectivity index (χ2v) is 4.73. The van der Waals surface area contributed by atoms with Crippen LogP contribution < -0.4 is 5.73 Å². The van der Waals surface area contributed by atoms with Crippen molar-refractivity contribution in [2.75, 3.05) is 0 Å². The maximum Gasteiger partial charge on any atom is 0.101 e. The van der Waals surface area contributed by atoms with Gasteiger partial charge in [0.25, 0.3) is 0 Å². The van der Waals surface area contributed by atoms with Crippen molar-refractivity contribution in [3.8, 4) is 0 Å². The van der Waals surface area contributed by atoms with Crippen molar-refractivity contribution in [2.24, 2.45) is 5.73 Å². The van der Waals surface area contributed by atoms with E-state index < -0.39 is 0 Å². The predicted molar refractivity (Wildman–Crippen MR) is 70.0 cm³/mol. The van der Waals surface area contributed by atoms with Crippen molar-refractivity contribution in [2.45, 2.75) is 33.2 Å². The first-order valence-electron chi connectivity index (χ1n) is 5.93. The van der Waals surface area contributed by atoms with Crippen LogP contribution in [0.15, 0.2) is 34.9 Å². The average molecular weight is 229 g/mol. The summed E-state index contributed by atoms with van der Waals surface area (Å²) < 4.78 is 5.30. The fraction of sp³-hybridized carbons (Fsp3) is 0.333. The summed E-state index contributed by atoms with van der Waals surface area (Å²) in [7, 11) is 0. The lowest BCUT2D eigenvalue weighted by Gasteiger charge is -2.12. The molecule has 2 heteroatoms. The standard InChI is InChI=1S/C15H19NO/c1-10-4-5-11(2)13(6-10)8-15(16)14-7-12(3)17-9-14/h4-7,9,15H,8,16H2,1-3H3. The van der Waals surface area contributed by atoms with E-state index in [4.69, 9.17) is 10.2 Å². The highest BCUT2D eigenvalue weighted by Crippen LogP contribution is 2.21. The predicted octanol–water partition coefficient (Wildman–Crippen LogP) is 3.45. The van der Waals surface area contributed by atoms with Gasteiger partial charge >= 0.3 is 0 Å². The Hall–Kier alpha value is -1.54. The molecule has 17 heavy (non-hydrogen) atoms. The van der Waals surface area contributed by atoms with E-state index in [2.05, 4.69) is 32.0 Å². The van der Waals surface area contributed by atoms with Gasteiger partial charge in [0.05, 0.1) is 6.26 Å². The molecule has 1 aromatic heterocycles. The molecule has 0 aliphatic rings. The minimum absolute atomic E-state index is 0.00736. The Labute approximate surface area is 102 Å². The van der Waals surface area contributed by atoms with Crippen molar-refractivity contribution in [1.82, 2.24) is 0 Å². The fourth-order valence-corrected chi connectivity index (χ4v) is 2.03. The molecule has 2 rings (SSSR count). The number of hydrogen-bond acceptors (Lipinski definition) is 2. The molecule has 0 amide bonds. The largest absolute Gasteiger partial charge is 0.469 e. The molecule has 0 aliphatic heterocycles. The summed E-state index contributed by atoms with van der Waals surface area (Å²) in [6, 6.07) is 8.51. The van der Waals surface area contributed by atoms with Crippen LogP contribution in [0.4, 0.5) is 0 Å². The summed E-state index contributed by atoms with van der Waals surface area (Å²) in [5.74, 6) is 0.913. The molecule has 0 radical (unpaired) electrons. The third-order valence-corrected chi connectivity index (χ3v) is 3.12. The smallest absolute Gasteiger partial charge is 0.101 e. The quantitative estimate of drug-likeness (QED) is 0.875. The van der Waals surface area contributed by atoms with Crippen LogP contribution in [-0.4, -0.2) is 0 Å². The SMILES string of the molecule is Cc1ccc(C)c(CC(N)c2coc(C)c2)c1. The highest BCUT2D eigenvalue weighted by Gasteiger charge is 2.11. The monoisotopic (exact) mass is 229 g/mol. The molecule has 0 fully saturated rings. The fourth-order valence-electron chi connectivity index (χ4n) is 2.03. The molecule has 1 atom stereocenters. The molecule has 2 aromatic rings. The molecule has 0 spiro atoms. The first-order chi connectivity index (χ1) is 8.06. The van der Waals surface area contributed by atoms with Crippen molar-refractivity contribution in [3.05, 3.63) is 58.5 Å². The normalized spacial score (nSPS) is 12.7. The molecular weight excluding hydrogens is 210 g/mol. The van der Waals surface area contributed by atoms with Crippen LogP contribution in [0.5, 0.6) is 0 Å². The number of rotatable bonds is 3. The van der Waals surface area contributed by atoms with Crippen LogP contribution in [0.2, 0.25) is 0 Å². The minimum atomic E-state index is 0.00736. The van der Waals surface area contributed by atoms with E-state index in [-0.39, 0.29) is 6.04 Å². The summed E-state index contributed by atoms with van der Waals surface area (Å²) in [4.78, 5) is 0. The van der Waals surface area contributed by atoms with E-state index in [1.807, 2.05) is 13.0 Å². The van der Waals surface area contributed by atoms with E-state index >= 15 is 0 Å². The van der Waals surface area contributed by atoms with Crippen LogP contribution in [0.1, 0.15) is 34.1 Å². The Kier molecular flexibility index (Phi) is 3.34. The van der Waals surface area contributed by atoms with Gasteiger partial charge < -0.3 is 10.2 Å². The van der Waals surface area contributed by atoms with Gasteiger partial charge in [-0.25, -0.2) is 0 Å². The van der Waals surface area contributed by atoms with Gasteiger partial charge in [-0.05, 0) is 44.4 Å². The van der Waals surface area contributed by atoms with E-state index in [1.54, 1.807) is 6.26 Å². The zero-order valence-electron chi connectivity index (χ0n) is 10.7.